The first-order valence-corrected chi connectivity index (χ1v) is 13.6. The maximum Gasteiger partial charge on any atom is 0.223 e. The summed E-state index contributed by atoms with van der Waals surface area (Å²) >= 11 is 6.38. The largest absolute Gasteiger partial charge is 0.356 e. The zero-order valence-corrected chi connectivity index (χ0v) is 21.0. The summed E-state index contributed by atoms with van der Waals surface area (Å²) in [5.74, 6) is 3.05. The summed E-state index contributed by atoms with van der Waals surface area (Å²) in [7, 11) is 0. The van der Waals surface area contributed by atoms with Crippen molar-refractivity contribution in [3.05, 3.63) is 0 Å². The summed E-state index contributed by atoms with van der Waals surface area (Å²) in [6, 6.07) is 0. The first-order chi connectivity index (χ1) is 15.9. The number of guanidine groups is 1. The first-order valence-electron chi connectivity index (χ1n) is 13.2. The summed E-state index contributed by atoms with van der Waals surface area (Å²) in [4.78, 5) is 17.7. The Labute approximate surface area is 203 Å². The lowest BCUT2D eigenvalue weighted by Gasteiger charge is -2.42. The normalized spacial score (nSPS) is 41.7. The average molecular weight is 484 g/mol. The number of carbonyl (C=O) groups is 1. The number of piperidine rings is 1. The van der Waals surface area contributed by atoms with E-state index in [9.17, 15) is 9.18 Å². The number of hydrogen-bond donors (Lipinski definition) is 4. The monoisotopic (exact) mass is 483 g/mol. The van der Waals surface area contributed by atoms with E-state index in [-0.39, 0.29) is 29.0 Å². The van der Waals surface area contributed by atoms with E-state index in [2.05, 4.69) is 40.1 Å². The molecule has 0 aromatic carbocycles. The van der Waals surface area contributed by atoms with Gasteiger partial charge >= 0.3 is 0 Å². The summed E-state index contributed by atoms with van der Waals surface area (Å²) < 4.78 is 14.9. The molecule has 33 heavy (non-hydrogen) atoms. The van der Waals surface area contributed by atoms with Gasteiger partial charge in [-0.2, -0.15) is 0 Å². The molecule has 4 rings (SSSR count). The standard InChI is InChI=1S/C25H43ClFN5O/c1-15-7-21(23(27)30-12-15)19-9-18(14-32-25-28-5-6-29-25)10-20(11-19)24(33)31-13-17-3-4-22(26)16(2)8-17/h15-23,30H,3-14H2,1-2H3,(H,31,33)(H2,28,29,32). The van der Waals surface area contributed by atoms with E-state index in [1.807, 2.05) is 0 Å². The van der Waals surface area contributed by atoms with Crippen molar-refractivity contribution in [1.29, 1.82) is 0 Å². The second-order valence-electron chi connectivity index (χ2n) is 11.3. The van der Waals surface area contributed by atoms with Crippen LogP contribution in [-0.2, 0) is 4.79 Å². The summed E-state index contributed by atoms with van der Waals surface area (Å²) in [6.45, 7) is 8.36. The Balaban J connectivity index is 1.36. The Morgan fingerprint density at radius 1 is 1.12 bits per heavy atom. The topological polar surface area (TPSA) is 77.6 Å². The first kappa shape index (κ1) is 25.0. The highest BCUT2D eigenvalue weighted by Crippen LogP contribution is 2.42. The van der Waals surface area contributed by atoms with E-state index < -0.39 is 6.30 Å². The molecule has 6 nitrogen and oxygen atoms in total. The molecule has 2 heterocycles. The van der Waals surface area contributed by atoms with Crippen molar-refractivity contribution in [2.45, 2.75) is 70.5 Å². The van der Waals surface area contributed by atoms with Gasteiger partial charge in [0.25, 0.3) is 0 Å². The Kier molecular flexibility index (Phi) is 8.77. The molecular formula is C25H43ClFN5O. The van der Waals surface area contributed by atoms with Crippen LogP contribution in [0.3, 0.4) is 0 Å². The zero-order chi connectivity index (χ0) is 23.4. The predicted octanol–water partition coefficient (Wildman–Crippen LogP) is 3.27. The van der Waals surface area contributed by atoms with Crippen molar-refractivity contribution >= 4 is 23.5 Å². The van der Waals surface area contributed by atoms with Gasteiger partial charge in [-0.25, -0.2) is 4.39 Å². The molecule has 0 aromatic rings. The Morgan fingerprint density at radius 3 is 2.73 bits per heavy atom. The quantitative estimate of drug-likeness (QED) is 0.345. The third-order valence-corrected chi connectivity index (χ3v) is 9.15. The number of carbonyl (C=O) groups excluding carboxylic acids is 1. The number of amides is 1. The highest BCUT2D eigenvalue weighted by molar-refractivity contribution is 6.20. The van der Waals surface area contributed by atoms with Gasteiger partial charge in [0, 0.05) is 43.4 Å². The van der Waals surface area contributed by atoms with Crippen LogP contribution in [0, 0.1) is 41.4 Å². The summed E-state index contributed by atoms with van der Waals surface area (Å²) in [5.41, 5.74) is 0. The molecule has 0 bridgehead atoms. The molecule has 4 N–H and O–H groups in total. The van der Waals surface area contributed by atoms with E-state index in [1.54, 1.807) is 0 Å². The maximum atomic E-state index is 14.9. The molecule has 0 radical (unpaired) electrons. The molecule has 8 heteroatoms. The van der Waals surface area contributed by atoms with Crippen molar-refractivity contribution in [3.8, 4) is 0 Å². The molecule has 2 aliphatic heterocycles. The van der Waals surface area contributed by atoms with Crippen molar-refractivity contribution in [2.75, 3.05) is 32.7 Å². The van der Waals surface area contributed by atoms with Gasteiger partial charge in [0.1, 0.15) is 0 Å². The molecular weight excluding hydrogens is 441 g/mol. The van der Waals surface area contributed by atoms with Crippen LogP contribution in [0.1, 0.15) is 58.8 Å². The second-order valence-corrected chi connectivity index (χ2v) is 11.9. The molecule has 4 aliphatic rings. The lowest BCUT2D eigenvalue weighted by Crippen LogP contribution is -2.49. The third-order valence-electron chi connectivity index (χ3n) is 8.50. The number of nitrogens with zero attached hydrogens (tertiary/aromatic N) is 1. The molecule has 9 unspecified atom stereocenters. The molecule has 1 amide bonds. The van der Waals surface area contributed by atoms with Crippen molar-refractivity contribution in [3.63, 3.8) is 0 Å². The fraction of sp³-hybridized carbons (Fsp3) is 0.920. The van der Waals surface area contributed by atoms with Crippen LogP contribution < -0.4 is 21.3 Å². The molecule has 2 saturated carbocycles. The van der Waals surface area contributed by atoms with E-state index >= 15 is 0 Å². The zero-order valence-electron chi connectivity index (χ0n) is 20.3. The Morgan fingerprint density at radius 2 is 1.97 bits per heavy atom. The van der Waals surface area contributed by atoms with Gasteiger partial charge < -0.3 is 16.0 Å². The maximum absolute atomic E-state index is 14.9. The van der Waals surface area contributed by atoms with E-state index in [0.717, 1.165) is 83.6 Å². The second kappa shape index (κ2) is 11.6. The van der Waals surface area contributed by atoms with Gasteiger partial charge in [-0.05, 0) is 74.5 Å². The molecule has 188 valence electrons. The van der Waals surface area contributed by atoms with Crippen LogP contribution in [0.4, 0.5) is 4.39 Å². The van der Waals surface area contributed by atoms with Crippen molar-refractivity contribution < 1.29 is 9.18 Å². The number of hydrogen-bond acceptors (Lipinski definition) is 5. The molecule has 3 fully saturated rings. The lowest BCUT2D eigenvalue weighted by atomic mass is 9.67. The summed E-state index contributed by atoms with van der Waals surface area (Å²) in [6.07, 6.45) is 5.77. The number of aliphatic imine (C=N–C) groups is 1. The fourth-order valence-corrected chi connectivity index (χ4v) is 6.81. The number of nitrogens with one attached hydrogen (secondary N) is 4. The molecule has 0 spiro atoms. The highest BCUT2D eigenvalue weighted by atomic mass is 35.5. The molecule has 2 aliphatic carbocycles. The highest BCUT2D eigenvalue weighted by Gasteiger charge is 2.41. The number of halogens is 2. The molecule has 0 aromatic heterocycles. The van der Waals surface area contributed by atoms with Crippen LogP contribution >= 0.6 is 11.6 Å². The van der Waals surface area contributed by atoms with E-state index in [1.165, 1.54) is 0 Å². The van der Waals surface area contributed by atoms with Gasteiger partial charge in [0.2, 0.25) is 5.91 Å². The average Bonchev–Trinajstić information content (AvgIpc) is 3.33. The lowest BCUT2D eigenvalue weighted by molar-refractivity contribution is -0.128. The van der Waals surface area contributed by atoms with Gasteiger partial charge in [0.15, 0.2) is 12.3 Å². The minimum atomic E-state index is -0.963. The molecule has 9 atom stereocenters. The van der Waals surface area contributed by atoms with Crippen LogP contribution in [0.2, 0.25) is 0 Å². The predicted molar refractivity (Wildman–Crippen MR) is 132 cm³/mol. The minimum Gasteiger partial charge on any atom is -0.356 e. The van der Waals surface area contributed by atoms with Crippen LogP contribution in [0.5, 0.6) is 0 Å². The van der Waals surface area contributed by atoms with Crippen LogP contribution in [0.15, 0.2) is 4.99 Å². The third kappa shape index (κ3) is 6.74. The SMILES string of the molecule is CC1CNC(F)C(C2CC(CNC3=NCCN3)CC(C(=O)NCC3CCC(Cl)C(C)C3)C2)C1. The van der Waals surface area contributed by atoms with Gasteiger partial charge in [-0.1, -0.05) is 13.8 Å². The van der Waals surface area contributed by atoms with Gasteiger partial charge in [-0.15, -0.1) is 11.6 Å². The van der Waals surface area contributed by atoms with E-state index in [0.29, 0.717) is 23.7 Å². The Bertz CT molecular complexity index is 694. The van der Waals surface area contributed by atoms with Crippen molar-refractivity contribution in [2.24, 2.45) is 46.4 Å². The van der Waals surface area contributed by atoms with Gasteiger partial charge in [0.05, 0.1) is 6.54 Å². The van der Waals surface area contributed by atoms with Gasteiger partial charge in [-0.3, -0.25) is 15.1 Å². The number of rotatable bonds is 6. The number of alkyl halides is 2. The fourth-order valence-electron chi connectivity index (χ4n) is 6.58. The molecule has 1 saturated heterocycles. The minimum absolute atomic E-state index is 0.00588. The smallest absolute Gasteiger partial charge is 0.223 e. The van der Waals surface area contributed by atoms with Crippen LogP contribution in [-0.4, -0.2) is 56.3 Å². The van der Waals surface area contributed by atoms with E-state index in [4.69, 9.17) is 11.6 Å². The Hall–Kier alpha value is -1.08. The summed E-state index contributed by atoms with van der Waals surface area (Å²) in [5, 5.41) is 13.3. The van der Waals surface area contributed by atoms with Crippen molar-refractivity contribution in [1.82, 2.24) is 21.3 Å². The van der Waals surface area contributed by atoms with Crippen LogP contribution in [0.25, 0.3) is 0 Å².